The van der Waals surface area contributed by atoms with Crippen molar-refractivity contribution in [3.63, 3.8) is 0 Å². The number of hydrogen-bond donors (Lipinski definition) is 4. The molecule has 0 amide bonds. The first-order valence-electron chi connectivity index (χ1n) is 11.4. The lowest BCUT2D eigenvalue weighted by Gasteiger charge is -2.22. The van der Waals surface area contributed by atoms with Gasteiger partial charge in [-0.25, -0.2) is 19.2 Å². The molecule has 0 saturated carbocycles. The van der Waals surface area contributed by atoms with Gasteiger partial charge in [-0.05, 0) is 59.4 Å². The summed E-state index contributed by atoms with van der Waals surface area (Å²) in [5.41, 5.74) is 2.02. The number of carboxylic acids is 4. The molecular weight excluding hydrogens is 464 g/mol. The molecule has 2 atom stereocenters. The smallest absolute Gasteiger partial charge is 0.336 e. The minimum atomic E-state index is -1.32. The molecule has 0 heterocycles. The van der Waals surface area contributed by atoms with Gasteiger partial charge in [0.2, 0.25) is 0 Å². The molecule has 0 fully saturated rings. The molecule has 3 aromatic carbocycles. The van der Waals surface area contributed by atoms with Gasteiger partial charge >= 0.3 is 23.9 Å². The van der Waals surface area contributed by atoms with Crippen molar-refractivity contribution in [3.8, 4) is 0 Å². The summed E-state index contributed by atoms with van der Waals surface area (Å²) >= 11 is 0. The van der Waals surface area contributed by atoms with Crippen LogP contribution in [-0.2, 0) is 0 Å². The lowest BCUT2D eigenvalue weighted by molar-refractivity contribution is 0.0651. The van der Waals surface area contributed by atoms with E-state index in [1.165, 1.54) is 24.3 Å². The van der Waals surface area contributed by atoms with Crippen LogP contribution >= 0.6 is 0 Å². The van der Waals surface area contributed by atoms with Gasteiger partial charge in [0, 0.05) is 11.8 Å². The van der Waals surface area contributed by atoms with Crippen LogP contribution < -0.4 is 0 Å². The molecule has 186 valence electrons. The molecule has 36 heavy (non-hydrogen) atoms. The number of hydrogen-bond acceptors (Lipinski definition) is 4. The van der Waals surface area contributed by atoms with Gasteiger partial charge in [-0.15, -0.1) is 0 Å². The first-order valence-corrected chi connectivity index (χ1v) is 11.4. The summed E-state index contributed by atoms with van der Waals surface area (Å²) in [6, 6.07) is 16.3. The van der Waals surface area contributed by atoms with Crippen molar-refractivity contribution in [2.75, 3.05) is 0 Å². The first-order chi connectivity index (χ1) is 17.1. The van der Waals surface area contributed by atoms with Crippen molar-refractivity contribution < 1.29 is 39.6 Å². The van der Waals surface area contributed by atoms with E-state index in [-0.39, 0.29) is 34.1 Å². The van der Waals surface area contributed by atoms with E-state index >= 15 is 0 Å². The Morgan fingerprint density at radius 1 is 0.528 bits per heavy atom. The van der Waals surface area contributed by atoms with Crippen molar-refractivity contribution in [2.24, 2.45) is 0 Å². The van der Waals surface area contributed by atoms with Crippen molar-refractivity contribution in [1.29, 1.82) is 0 Å². The van der Waals surface area contributed by atoms with Gasteiger partial charge in [-0.3, -0.25) is 0 Å². The van der Waals surface area contributed by atoms with E-state index in [2.05, 4.69) is 0 Å². The Morgan fingerprint density at radius 3 is 1.17 bits per heavy atom. The van der Waals surface area contributed by atoms with Crippen LogP contribution in [0.4, 0.5) is 0 Å². The zero-order chi connectivity index (χ0) is 26.6. The quantitative estimate of drug-likeness (QED) is 0.288. The maximum Gasteiger partial charge on any atom is 0.336 e. The molecule has 3 rings (SSSR count). The van der Waals surface area contributed by atoms with E-state index in [1.807, 2.05) is 38.1 Å². The summed E-state index contributed by atoms with van der Waals surface area (Å²) in [6.07, 6.45) is 1.25. The Morgan fingerprint density at radius 2 is 0.861 bits per heavy atom. The Balaban J connectivity index is 2.06. The normalized spacial score (nSPS) is 12.5. The highest BCUT2D eigenvalue weighted by Crippen LogP contribution is 2.34. The van der Waals surface area contributed by atoms with Gasteiger partial charge in [0.05, 0.1) is 22.3 Å². The minimum Gasteiger partial charge on any atom is -0.478 e. The van der Waals surface area contributed by atoms with Crippen LogP contribution in [0.3, 0.4) is 0 Å². The van der Waals surface area contributed by atoms with E-state index in [4.69, 9.17) is 0 Å². The van der Waals surface area contributed by atoms with Crippen LogP contribution in [0.5, 0.6) is 0 Å². The fourth-order valence-corrected chi connectivity index (χ4v) is 4.60. The second-order valence-corrected chi connectivity index (χ2v) is 8.42. The van der Waals surface area contributed by atoms with Gasteiger partial charge in [0.1, 0.15) is 0 Å². The number of rotatable bonds is 10. The van der Waals surface area contributed by atoms with Crippen LogP contribution in [0.2, 0.25) is 0 Å². The summed E-state index contributed by atoms with van der Waals surface area (Å²) in [6.45, 7) is 3.90. The Bertz CT molecular complexity index is 1240. The monoisotopic (exact) mass is 490 g/mol. The average molecular weight is 491 g/mol. The molecule has 0 radical (unpaired) electrons. The third-order valence-electron chi connectivity index (χ3n) is 6.35. The molecule has 0 aliphatic rings. The molecule has 0 aliphatic carbocycles. The zero-order valence-electron chi connectivity index (χ0n) is 19.8. The number of carboxylic acid groups (broad SMARTS) is 4. The van der Waals surface area contributed by atoms with Crippen LogP contribution in [0.25, 0.3) is 0 Å². The Labute approximate surface area is 207 Å². The Hall–Kier alpha value is -4.46. The summed E-state index contributed by atoms with van der Waals surface area (Å²) in [4.78, 5) is 46.2. The molecule has 8 nitrogen and oxygen atoms in total. The maximum atomic E-state index is 11.7. The van der Waals surface area contributed by atoms with Crippen molar-refractivity contribution in [3.05, 3.63) is 105 Å². The van der Waals surface area contributed by atoms with Gasteiger partial charge in [-0.2, -0.15) is 0 Å². The van der Waals surface area contributed by atoms with Gasteiger partial charge in [-0.1, -0.05) is 50.2 Å². The van der Waals surface area contributed by atoms with Gasteiger partial charge in [0.25, 0.3) is 0 Å². The van der Waals surface area contributed by atoms with Crippen LogP contribution in [-0.4, -0.2) is 44.3 Å². The molecule has 3 aromatic rings. The number of carbonyl (C=O) groups is 4. The zero-order valence-corrected chi connectivity index (χ0v) is 19.8. The van der Waals surface area contributed by atoms with Gasteiger partial charge < -0.3 is 20.4 Å². The highest BCUT2D eigenvalue weighted by atomic mass is 16.4. The van der Waals surface area contributed by atoms with E-state index in [0.717, 1.165) is 11.1 Å². The van der Waals surface area contributed by atoms with E-state index in [1.54, 1.807) is 12.1 Å². The molecule has 0 saturated heterocycles. The number of aromatic carboxylic acids is 4. The van der Waals surface area contributed by atoms with Crippen molar-refractivity contribution in [2.45, 2.75) is 38.5 Å². The lowest BCUT2D eigenvalue weighted by Crippen LogP contribution is -2.11. The summed E-state index contributed by atoms with van der Waals surface area (Å²) in [7, 11) is 0. The first kappa shape index (κ1) is 26.2. The molecule has 4 N–H and O–H groups in total. The van der Waals surface area contributed by atoms with Crippen LogP contribution in [0.15, 0.2) is 60.7 Å². The predicted molar refractivity (Wildman–Crippen MR) is 131 cm³/mol. The fraction of sp³-hybridized carbons (Fsp3) is 0.214. The fourth-order valence-electron chi connectivity index (χ4n) is 4.60. The minimum absolute atomic E-state index is 0.202. The summed E-state index contributed by atoms with van der Waals surface area (Å²) in [5, 5.41) is 37.7. The highest BCUT2D eigenvalue weighted by molar-refractivity contribution is 6.02. The van der Waals surface area contributed by atoms with Crippen LogP contribution in [0.1, 0.15) is 102 Å². The predicted octanol–water partition coefficient (Wildman–Crippen LogP) is 5.56. The van der Waals surface area contributed by atoms with Gasteiger partial charge in [0.15, 0.2) is 0 Å². The van der Waals surface area contributed by atoms with E-state index in [0.29, 0.717) is 24.0 Å². The summed E-state index contributed by atoms with van der Waals surface area (Å²) in [5.74, 6) is -5.66. The van der Waals surface area contributed by atoms with E-state index < -0.39 is 23.9 Å². The topological polar surface area (TPSA) is 149 Å². The highest BCUT2D eigenvalue weighted by Gasteiger charge is 2.23. The van der Waals surface area contributed by atoms with Crippen molar-refractivity contribution >= 4 is 23.9 Å². The second kappa shape index (κ2) is 10.9. The largest absolute Gasteiger partial charge is 0.478 e. The lowest BCUT2D eigenvalue weighted by atomic mass is 9.82. The molecule has 2 unspecified atom stereocenters. The standard InChI is InChI=1S/C28H26O8/c1-3-19(17-8-10-21(25(29)30)23(13-17)27(33)34)15-6-5-7-16(12-15)20(4-2)18-9-11-22(26(31)32)24(14-18)28(35)36/h5-14,19-20H,3-4H2,1-2H3,(H,29,30)(H,31,32)(H,33,34)(H,35,36). The average Bonchev–Trinajstić information content (AvgIpc) is 2.84. The molecule has 0 aliphatic heterocycles. The second-order valence-electron chi connectivity index (χ2n) is 8.42. The SMILES string of the molecule is CCC(c1cccc(C(CC)c2ccc(C(=O)O)c(C(=O)O)c2)c1)c1ccc(C(=O)O)c(C(=O)O)c1. The Kier molecular flexibility index (Phi) is 7.89. The maximum absolute atomic E-state index is 11.7. The summed E-state index contributed by atoms with van der Waals surface area (Å²) < 4.78 is 0. The third-order valence-corrected chi connectivity index (χ3v) is 6.35. The van der Waals surface area contributed by atoms with E-state index in [9.17, 15) is 39.6 Å². The molecule has 0 aromatic heterocycles. The molecule has 0 bridgehead atoms. The third kappa shape index (κ3) is 5.27. The molecule has 0 spiro atoms. The molecular formula is C28H26O8. The van der Waals surface area contributed by atoms with Crippen molar-refractivity contribution in [1.82, 2.24) is 0 Å². The van der Waals surface area contributed by atoms with Crippen LogP contribution in [0, 0.1) is 0 Å². The molecule has 8 heteroatoms. The number of benzene rings is 3.